The van der Waals surface area contributed by atoms with E-state index < -0.39 is 5.41 Å². The first-order chi connectivity index (χ1) is 24.3. The lowest BCUT2D eigenvalue weighted by Crippen LogP contribution is -2.28. The third-order valence-corrected chi connectivity index (χ3v) is 9.67. The van der Waals surface area contributed by atoms with Crippen molar-refractivity contribution in [1.29, 1.82) is 0 Å². The summed E-state index contributed by atoms with van der Waals surface area (Å²) in [5, 5.41) is 0. The number of rotatable bonds is 6. The average Bonchev–Trinajstić information content (AvgIpc) is 3.49. The molecule has 49 heavy (non-hydrogen) atoms. The van der Waals surface area contributed by atoms with E-state index in [1.807, 2.05) is 30.5 Å². The van der Waals surface area contributed by atoms with Gasteiger partial charge in [-0.15, -0.1) is 0 Å². The van der Waals surface area contributed by atoms with Crippen molar-refractivity contribution in [3.63, 3.8) is 0 Å². The van der Waals surface area contributed by atoms with E-state index in [9.17, 15) is 0 Å². The molecule has 0 unspecified atom stereocenters. The van der Waals surface area contributed by atoms with Gasteiger partial charge in [0.15, 0.2) is 5.82 Å². The summed E-state index contributed by atoms with van der Waals surface area (Å²) in [6.07, 6.45) is 3.70. The maximum absolute atomic E-state index is 5.23. The summed E-state index contributed by atoms with van der Waals surface area (Å²) < 4.78 is 0. The van der Waals surface area contributed by atoms with E-state index in [4.69, 9.17) is 9.97 Å². The molecular weight excluding hydrogens is 595 g/mol. The molecule has 0 radical (unpaired) electrons. The van der Waals surface area contributed by atoms with Crippen molar-refractivity contribution in [3.8, 4) is 56.2 Å². The van der Waals surface area contributed by atoms with Gasteiger partial charge in [0.2, 0.25) is 0 Å². The molecule has 6 aromatic carbocycles. The number of nitrogens with zero attached hydrogens (tertiary/aromatic N) is 3. The van der Waals surface area contributed by atoms with Crippen molar-refractivity contribution in [3.05, 3.63) is 211 Å². The highest BCUT2D eigenvalue weighted by atomic mass is 14.9. The Labute approximate surface area is 286 Å². The number of hydrogen-bond donors (Lipinski definition) is 0. The SMILES string of the molecule is c1ccc(-c2nc(-c3cccc(-c4cccnc4)c3)cc(-c3ccc4c(c3)C(c3ccccc3)(c3ccccc3)c3ccccc3-4)n2)cc1. The van der Waals surface area contributed by atoms with Gasteiger partial charge in [0, 0.05) is 34.6 Å². The van der Waals surface area contributed by atoms with Crippen LogP contribution in [0.4, 0.5) is 0 Å². The highest BCUT2D eigenvalue weighted by Crippen LogP contribution is 2.56. The van der Waals surface area contributed by atoms with Gasteiger partial charge >= 0.3 is 0 Å². The maximum Gasteiger partial charge on any atom is 0.160 e. The van der Waals surface area contributed by atoms with Crippen LogP contribution in [-0.4, -0.2) is 15.0 Å². The molecule has 3 nitrogen and oxygen atoms in total. The molecule has 0 aliphatic heterocycles. The van der Waals surface area contributed by atoms with Gasteiger partial charge in [0.05, 0.1) is 16.8 Å². The van der Waals surface area contributed by atoms with Gasteiger partial charge in [-0.1, -0.05) is 152 Å². The minimum absolute atomic E-state index is 0.485. The normalized spacial score (nSPS) is 12.7. The lowest BCUT2D eigenvalue weighted by molar-refractivity contribution is 0.768. The minimum Gasteiger partial charge on any atom is -0.264 e. The van der Waals surface area contributed by atoms with Crippen molar-refractivity contribution < 1.29 is 0 Å². The highest BCUT2D eigenvalue weighted by molar-refractivity contribution is 5.88. The Hall–Kier alpha value is -6.45. The summed E-state index contributed by atoms with van der Waals surface area (Å²) in [4.78, 5) is 14.7. The van der Waals surface area contributed by atoms with Gasteiger partial charge in [-0.05, 0) is 63.2 Å². The van der Waals surface area contributed by atoms with Crippen LogP contribution in [0, 0.1) is 0 Å². The molecular formula is C46H31N3. The molecule has 0 spiro atoms. The minimum atomic E-state index is -0.485. The molecule has 2 heterocycles. The Balaban J connectivity index is 1.28. The van der Waals surface area contributed by atoms with Crippen LogP contribution in [0.25, 0.3) is 56.2 Å². The van der Waals surface area contributed by atoms with Crippen LogP contribution in [0.3, 0.4) is 0 Å². The van der Waals surface area contributed by atoms with Crippen LogP contribution in [0.1, 0.15) is 22.3 Å². The zero-order valence-electron chi connectivity index (χ0n) is 26.7. The zero-order chi connectivity index (χ0) is 32.6. The molecule has 8 aromatic rings. The number of hydrogen-bond acceptors (Lipinski definition) is 3. The van der Waals surface area contributed by atoms with Crippen molar-refractivity contribution in [2.45, 2.75) is 5.41 Å². The molecule has 3 heteroatoms. The van der Waals surface area contributed by atoms with Crippen molar-refractivity contribution in [2.24, 2.45) is 0 Å². The Morgan fingerprint density at radius 3 is 1.63 bits per heavy atom. The molecule has 0 saturated carbocycles. The Kier molecular flexibility index (Phi) is 7.02. The monoisotopic (exact) mass is 625 g/mol. The third-order valence-electron chi connectivity index (χ3n) is 9.67. The molecule has 0 N–H and O–H groups in total. The van der Waals surface area contributed by atoms with E-state index in [0.717, 1.165) is 39.2 Å². The molecule has 1 aliphatic rings. The summed E-state index contributed by atoms with van der Waals surface area (Å²) in [5.41, 5.74) is 14.0. The maximum atomic E-state index is 5.23. The fraction of sp³-hybridized carbons (Fsp3) is 0.0217. The van der Waals surface area contributed by atoms with E-state index in [1.54, 1.807) is 6.20 Å². The summed E-state index contributed by atoms with van der Waals surface area (Å²) >= 11 is 0. The Morgan fingerprint density at radius 2 is 0.939 bits per heavy atom. The van der Waals surface area contributed by atoms with Crippen molar-refractivity contribution in [2.75, 3.05) is 0 Å². The van der Waals surface area contributed by atoms with Crippen LogP contribution in [0.15, 0.2) is 188 Å². The largest absolute Gasteiger partial charge is 0.264 e. The van der Waals surface area contributed by atoms with E-state index in [0.29, 0.717) is 5.82 Å². The van der Waals surface area contributed by atoms with Gasteiger partial charge < -0.3 is 0 Å². The first-order valence-corrected chi connectivity index (χ1v) is 16.6. The summed E-state index contributed by atoms with van der Waals surface area (Å²) in [5.74, 6) is 0.695. The second-order valence-corrected chi connectivity index (χ2v) is 12.4. The highest BCUT2D eigenvalue weighted by Gasteiger charge is 2.46. The number of benzene rings is 6. The number of aromatic nitrogens is 3. The number of fused-ring (bicyclic) bond motifs is 3. The lowest BCUT2D eigenvalue weighted by Gasteiger charge is -2.34. The molecule has 1 aliphatic carbocycles. The Morgan fingerprint density at radius 1 is 0.367 bits per heavy atom. The van der Waals surface area contributed by atoms with E-state index in [1.165, 1.54) is 33.4 Å². The average molecular weight is 626 g/mol. The van der Waals surface area contributed by atoms with Crippen LogP contribution >= 0.6 is 0 Å². The summed E-state index contributed by atoms with van der Waals surface area (Å²) in [6.45, 7) is 0. The molecule has 0 amide bonds. The van der Waals surface area contributed by atoms with Gasteiger partial charge in [0.1, 0.15) is 0 Å². The lowest BCUT2D eigenvalue weighted by atomic mass is 9.67. The molecule has 0 saturated heterocycles. The van der Waals surface area contributed by atoms with Crippen molar-refractivity contribution >= 4 is 0 Å². The van der Waals surface area contributed by atoms with Gasteiger partial charge in [0.25, 0.3) is 0 Å². The fourth-order valence-electron chi connectivity index (χ4n) is 7.45. The predicted octanol–water partition coefficient (Wildman–Crippen LogP) is 10.9. The third kappa shape index (κ3) is 4.87. The van der Waals surface area contributed by atoms with Gasteiger partial charge in [-0.25, -0.2) is 9.97 Å². The molecule has 2 aromatic heterocycles. The quantitative estimate of drug-likeness (QED) is 0.185. The first-order valence-electron chi connectivity index (χ1n) is 16.6. The molecule has 9 rings (SSSR count). The summed E-state index contributed by atoms with van der Waals surface area (Å²) in [6, 6.07) is 62.5. The second-order valence-electron chi connectivity index (χ2n) is 12.4. The van der Waals surface area contributed by atoms with Gasteiger partial charge in [-0.2, -0.15) is 0 Å². The van der Waals surface area contributed by atoms with Crippen LogP contribution in [0.2, 0.25) is 0 Å². The Bertz CT molecular complexity index is 2380. The second kappa shape index (κ2) is 12.0. The van der Waals surface area contributed by atoms with Crippen LogP contribution in [-0.2, 0) is 5.41 Å². The van der Waals surface area contributed by atoms with Crippen LogP contribution in [0.5, 0.6) is 0 Å². The van der Waals surface area contributed by atoms with Crippen LogP contribution < -0.4 is 0 Å². The number of pyridine rings is 1. The van der Waals surface area contributed by atoms with E-state index in [2.05, 4.69) is 157 Å². The zero-order valence-corrected chi connectivity index (χ0v) is 26.7. The molecule has 230 valence electrons. The topological polar surface area (TPSA) is 38.7 Å². The summed E-state index contributed by atoms with van der Waals surface area (Å²) in [7, 11) is 0. The smallest absolute Gasteiger partial charge is 0.160 e. The molecule has 0 fully saturated rings. The molecule has 0 atom stereocenters. The molecule has 0 bridgehead atoms. The standard InChI is InChI=1S/C46H31N3/c1-4-14-32(15-5-1)45-48-43(34-17-12-16-33(28-34)36-18-13-27-47-31-36)30-44(49-45)35-25-26-40-39-23-10-11-24-41(39)46(42(40)29-35,37-19-6-2-7-20-37)38-21-8-3-9-22-38/h1-31H. The van der Waals surface area contributed by atoms with E-state index >= 15 is 0 Å². The van der Waals surface area contributed by atoms with E-state index in [-0.39, 0.29) is 0 Å². The predicted molar refractivity (Wildman–Crippen MR) is 199 cm³/mol. The first kappa shape index (κ1) is 28.7. The van der Waals surface area contributed by atoms with Crippen molar-refractivity contribution in [1.82, 2.24) is 15.0 Å². The fourth-order valence-corrected chi connectivity index (χ4v) is 7.45. The van der Waals surface area contributed by atoms with Gasteiger partial charge in [-0.3, -0.25) is 4.98 Å².